The van der Waals surface area contributed by atoms with E-state index in [9.17, 15) is 14.4 Å². The molecular formula is C12H18N2O4. The van der Waals surface area contributed by atoms with Gasteiger partial charge in [0.15, 0.2) is 0 Å². The van der Waals surface area contributed by atoms with Gasteiger partial charge in [0.1, 0.15) is 5.56 Å². The van der Waals surface area contributed by atoms with Crippen LogP contribution >= 0.6 is 0 Å². The first-order valence-corrected chi connectivity index (χ1v) is 5.91. The molecule has 0 saturated carbocycles. The molecule has 1 atom stereocenters. The van der Waals surface area contributed by atoms with Crippen LogP contribution in [0.25, 0.3) is 0 Å². The lowest BCUT2D eigenvalue weighted by molar-refractivity contribution is 0.0522. The van der Waals surface area contributed by atoms with Crippen LogP contribution in [0, 0.1) is 5.92 Å². The highest BCUT2D eigenvalue weighted by molar-refractivity contribution is 5.88. The maximum atomic E-state index is 12.1. The van der Waals surface area contributed by atoms with Gasteiger partial charge in [0.25, 0.3) is 5.56 Å². The molecule has 0 aliphatic carbocycles. The van der Waals surface area contributed by atoms with E-state index in [1.54, 1.807) is 13.8 Å². The number of H-pyrrole nitrogens is 1. The Kier molecular flexibility index (Phi) is 4.47. The molecule has 0 unspecified atom stereocenters. The van der Waals surface area contributed by atoms with Crippen LogP contribution in [0.5, 0.6) is 0 Å². The van der Waals surface area contributed by atoms with E-state index in [1.807, 2.05) is 13.8 Å². The molecule has 1 aromatic heterocycles. The van der Waals surface area contributed by atoms with Gasteiger partial charge in [0.2, 0.25) is 0 Å². The quantitative estimate of drug-likeness (QED) is 0.810. The lowest BCUT2D eigenvalue weighted by Gasteiger charge is -2.17. The number of ether oxygens (including phenoxy) is 1. The third-order valence-corrected chi connectivity index (χ3v) is 2.88. The van der Waals surface area contributed by atoms with E-state index in [1.165, 1.54) is 0 Å². The molecule has 1 N–H and O–H groups in total. The van der Waals surface area contributed by atoms with E-state index in [0.717, 1.165) is 10.8 Å². The minimum Gasteiger partial charge on any atom is -0.462 e. The van der Waals surface area contributed by atoms with Gasteiger partial charge in [-0.05, 0) is 19.8 Å². The molecule has 0 radical (unpaired) electrons. The smallest absolute Gasteiger partial charge is 0.345 e. The number of rotatable bonds is 4. The van der Waals surface area contributed by atoms with Gasteiger partial charge in [0, 0.05) is 12.2 Å². The second-order valence-corrected chi connectivity index (χ2v) is 4.39. The van der Waals surface area contributed by atoms with Crippen LogP contribution in [-0.4, -0.2) is 22.1 Å². The summed E-state index contributed by atoms with van der Waals surface area (Å²) in [5.41, 5.74) is -1.28. The fourth-order valence-electron chi connectivity index (χ4n) is 1.51. The molecular weight excluding hydrogens is 236 g/mol. The van der Waals surface area contributed by atoms with E-state index in [4.69, 9.17) is 4.74 Å². The van der Waals surface area contributed by atoms with Crippen LogP contribution in [0.3, 0.4) is 0 Å². The Balaban J connectivity index is 3.37. The Hall–Kier alpha value is -1.85. The largest absolute Gasteiger partial charge is 0.462 e. The summed E-state index contributed by atoms with van der Waals surface area (Å²) in [6.07, 6.45) is 1.10. The number of hydrogen-bond donors (Lipinski definition) is 1. The Labute approximate surface area is 105 Å². The first kappa shape index (κ1) is 14.2. The Morgan fingerprint density at radius 1 is 1.39 bits per heavy atom. The Bertz CT molecular complexity index is 542. The zero-order valence-corrected chi connectivity index (χ0v) is 11.0. The first-order chi connectivity index (χ1) is 8.40. The van der Waals surface area contributed by atoms with Crippen LogP contribution < -0.4 is 11.2 Å². The summed E-state index contributed by atoms with van der Waals surface area (Å²) >= 11 is 0. The number of nitrogens with zero attached hydrogens (tertiary/aromatic N) is 1. The molecule has 0 aliphatic heterocycles. The topological polar surface area (TPSA) is 81.2 Å². The standard InChI is InChI=1S/C12H18N2O4/c1-5-18-11(16)9-6-13-12(17)14(10(9)15)8(4)7(2)3/h6-8H,5H2,1-4H3,(H,13,17)/t8-/m0/s1. The van der Waals surface area contributed by atoms with Gasteiger partial charge in [-0.2, -0.15) is 0 Å². The van der Waals surface area contributed by atoms with E-state index >= 15 is 0 Å². The van der Waals surface area contributed by atoms with Crippen molar-refractivity contribution in [3.05, 3.63) is 32.6 Å². The van der Waals surface area contributed by atoms with Gasteiger partial charge in [-0.3, -0.25) is 9.36 Å². The fraction of sp³-hybridized carbons (Fsp3) is 0.583. The van der Waals surface area contributed by atoms with Crippen molar-refractivity contribution < 1.29 is 9.53 Å². The lowest BCUT2D eigenvalue weighted by atomic mass is 10.1. The monoisotopic (exact) mass is 254 g/mol. The van der Waals surface area contributed by atoms with Crippen molar-refractivity contribution in [2.45, 2.75) is 33.7 Å². The number of aromatic amines is 1. The van der Waals surface area contributed by atoms with Crippen LogP contribution in [0.1, 0.15) is 44.1 Å². The zero-order valence-electron chi connectivity index (χ0n) is 11.0. The minimum atomic E-state index is -0.719. The molecule has 18 heavy (non-hydrogen) atoms. The molecule has 0 aliphatic rings. The lowest BCUT2D eigenvalue weighted by Crippen LogP contribution is -2.41. The van der Waals surface area contributed by atoms with Gasteiger partial charge in [0.05, 0.1) is 6.61 Å². The number of carbonyl (C=O) groups is 1. The highest BCUT2D eigenvalue weighted by atomic mass is 16.5. The number of nitrogens with one attached hydrogen (secondary N) is 1. The van der Waals surface area contributed by atoms with Crippen molar-refractivity contribution in [1.29, 1.82) is 0 Å². The molecule has 1 rings (SSSR count). The average molecular weight is 254 g/mol. The predicted octanol–water partition coefficient (Wildman–Crippen LogP) is 0.930. The normalized spacial score (nSPS) is 12.5. The fourth-order valence-corrected chi connectivity index (χ4v) is 1.51. The highest BCUT2D eigenvalue weighted by Crippen LogP contribution is 2.12. The van der Waals surface area contributed by atoms with Crippen LogP contribution in [0.4, 0.5) is 0 Å². The van der Waals surface area contributed by atoms with Crippen molar-refractivity contribution in [1.82, 2.24) is 9.55 Å². The second kappa shape index (κ2) is 5.66. The van der Waals surface area contributed by atoms with Crippen molar-refractivity contribution in [2.24, 2.45) is 5.92 Å². The number of hydrogen-bond acceptors (Lipinski definition) is 4. The van der Waals surface area contributed by atoms with Gasteiger partial charge in [-0.25, -0.2) is 9.59 Å². The van der Waals surface area contributed by atoms with Gasteiger partial charge < -0.3 is 9.72 Å². The molecule has 0 saturated heterocycles. The average Bonchev–Trinajstić information content (AvgIpc) is 2.28. The molecule has 0 fully saturated rings. The van der Waals surface area contributed by atoms with Crippen LogP contribution in [0.2, 0.25) is 0 Å². The SMILES string of the molecule is CCOC(=O)c1c[nH]c(=O)n([C@@H](C)C(C)C)c1=O. The highest BCUT2D eigenvalue weighted by Gasteiger charge is 2.20. The molecule has 0 amide bonds. The van der Waals surface area contributed by atoms with Gasteiger partial charge >= 0.3 is 11.7 Å². The van der Waals surface area contributed by atoms with Crippen molar-refractivity contribution in [3.63, 3.8) is 0 Å². The summed E-state index contributed by atoms with van der Waals surface area (Å²) in [7, 11) is 0. The maximum Gasteiger partial charge on any atom is 0.345 e. The summed E-state index contributed by atoms with van der Waals surface area (Å²) in [4.78, 5) is 37.7. The first-order valence-electron chi connectivity index (χ1n) is 5.91. The van der Waals surface area contributed by atoms with E-state index in [2.05, 4.69) is 4.98 Å². The maximum absolute atomic E-state index is 12.1. The molecule has 0 aromatic carbocycles. The number of carbonyl (C=O) groups excluding carboxylic acids is 1. The van der Waals surface area contributed by atoms with Crippen LogP contribution in [0.15, 0.2) is 15.8 Å². The second-order valence-electron chi connectivity index (χ2n) is 4.39. The third-order valence-electron chi connectivity index (χ3n) is 2.88. The molecule has 0 bridgehead atoms. The molecule has 100 valence electrons. The molecule has 6 heteroatoms. The van der Waals surface area contributed by atoms with E-state index < -0.39 is 17.2 Å². The Morgan fingerprint density at radius 3 is 2.50 bits per heavy atom. The number of esters is 1. The van der Waals surface area contributed by atoms with Crippen LogP contribution in [-0.2, 0) is 4.74 Å². The van der Waals surface area contributed by atoms with Crippen molar-refractivity contribution >= 4 is 5.97 Å². The predicted molar refractivity (Wildman–Crippen MR) is 66.8 cm³/mol. The molecule has 1 heterocycles. The summed E-state index contributed by atoms with van der Waals surface area (Å²) < 4.78 is 5.82. The zero-order chi connectivity index (χ0) is 13.9. The Morgan fingerprint density at radius 2 is 2.00 bits per heavy atom. The summed E-state index contributed by atoms with van der Waals surface area (Å²) in [6, 6.07) is -0.296. The number of aromatic nitrogens is 2. The van der Waals surface area contributed by atoms with Gasteiger partial charge in [-0.1, -0.05) is 13.8 Å². The minimum absolute atomic E-state index is 0.0984. The summed E-state index contributed by atoms with van der Waals surface area (Å²) in [5, 5.41) is 0. The van der Waals surface area contributed by atoms with Crippen molar-refractivity contribution in [2.75, 3.05) is 6.61 Å². The molecule has 1 aromatic rings. The van der Waals surface area contributed by atoms with E-state index in [0.29, 0.717) is 0 Å². The van der Waals surface area contributed by atoms with Crippen molar-refractivity contribution in [3.8, 4) is 0 Å². The molecule has 6 nitrogen and oxygen atoms in total. The van der Waals surface area contributed by atoms with Gasteiger partial charge in [-0.15, -0.1) is 0 Å². The molecule has 0 spiro atoms. The summed E-state index contributed by atoms with van der Waals surface area (Å²) in [6.45, 7) is 7.38. The third kappa shape index (κ3) is 2.69. The van der Waals surface area contributed by atoms with E-state index in [-0.39, 0.29) is 24.1 Å². The summed E-state index contributed by atoms with van der Waals surface area (Å²) in [5.74, 6) is -0.621.